The molecular formula is C11H20O3Si. The summed E-state index contributed by atoms with van der Waals surface area (Å²) in [6, 6.07) is 0. The van der Waals surface area contributed by atoms with Gasteiger partial charge in [-0.1, -0.05) is 20.8 Å². The molecule has 0 spiro atoms. The molecule has 3 atom stereocenters. The minimum absolute atomic E-state index is 0.0277. The van der Waals surface area contributed by atoms with E-state index in [0.29, 0.717) is 12.3 Å². The van der Waals surface area contributed by atoms with E-state index in [2.05, 4.69) is 33.9 Å². The maximum Gasteiger partial charge on any atom is 0.247 e. The van der Waals surface area contributed by atoms with Gasteiger partial charge in [-0.2, -0.15) is 0 Å². The Morgan fingerprint density at radius 1 is 1.47 bits per heavy atom. The van der Waals surface area contributed by atoms with Gasteiger partial charge in [-0.25, -0.2) is 0 Å². The Morgan fingerprint density at radius 2 is 2.07 bits per heavy atom. The van der Waals surface area contributed by atoms with Crippen LogP contribution in [0.1, 0.15) is 27.2 Å². The number of ether oxygens (including phenoxy) is 1. The van der Waals surface area contributed by atoms with Gasteiger partial charge in [0.15, 0.2) is 14.8 Å². The minimum atomic E-state index is -1.21. The lowest BCUT2D eigenvalue weighted by molar-refractivity contribution is -0.134. The highest BCUT2D eigenvalue weighted by Gasteiger charge is 2.73. The average Bonchev–Trinajstić information content (AvgIpc) is 2.65. The van der Waals surface area contributed by atoms with Crippen LogP contribution in [0.2, 0.25) is 13.1 Å². The number of carbonyl (C=O) groups is 1. The molecule has 3 unspecified atom stereocenters. The van der Waals surface area contributed by atoms with Crippen LogP contribution < -0.4 is 0 Å². The molecule has 2 fully saturated rings. The summed E-state index contributed by atoms with van der Waals surface area (Å²) in [5.74, 6) is -0.329. The number of carbonyl (C=O) groups excluding carboxylic acids is 1. The van der Waals surface area contributed by atoms with Crippen LogP contribution in [0.15, 0.2) is 0 Å². The van der Waals surface area contributed by atoms with Crippen LogP contribution in [-0.4, -0.2) is 26.7 Å². The molecule has 4 heteroatoms. The van der Waals surface area contributed by atoms with E-state index in [1.807, 2.05) is 0 Å². The molecule has 2 aliphatic rings. The van der Waals surface area contributed by atoms with E-state index >= 15 is 0 Å². The number of hydrogen-bond acceptors (Lipinski definition) is 3. The molecule has 2 rings (SSSR count). The third-order valence-electron chi connectivity index (χ3n) is 3.30. The van der Waals surface area contributed by atoms with Crippen molar-refractivity contribution in [1.82, 2.24) is 0 Å². The first-order chi connectivity index (χ1) is 6.77. The van der Waals surface area contributed by atoms with Crippen LogP contribution in [0.5, 0.6) is 0 Å². The number of Topliss-reactive ketones (excluding diaryl/α,β-unsaturated/α-hetero) is 1. The number of rotatable bonds is 2. The van der Waals surface area contributed by atoms with Gasteiger partial charge in [-0.15, -0.1) is 0 Å². The Balaban J connectivity index is 2.14. The van der Waals surface area contributed by atoms with Gasteiger partial charge in [0, 0.05) is 12.3 Å². The van der Waals surface area contributed by atoms with E-state index in [1.165, 1.54) is 0 Å². The summed E-state index contributed by atoms with van der Waals surface area (Å²) in [4.78, 5) is 11.9. The van der Waals surface area contributed by atoms with Gasteiger partial charge in [-0.05, 0) is 18.5 Å². The molecule has 86 valence electrons. The highest BCUT2D eigenvalue weighted by Crippen LogP contribution is 2.56. The Morgan fingerprint density at radius 3 is 2.40 bits per heavy atom. The summed E-state index contributed by atoms with van der Waals surface area (Å²) in [7, 11) is -1.21. The van der Waals surface area contributed by atoms with Gasteiger partial charge in [0.25, 0.3) is 0 Å². The maximum absolute atomic E-state index is 11.9. The van der Waals surface area contributed by atoms with Gasteiger partial charge in [0.1, 0.15) is 6.10 Å². The molecule has 0 aromatic heterocycles. The standard InChI is InChI=1S/C11H20O3Si/c1-10(2,3)7-6-8(12)11(9(7)13-11)14-15(4)5/h7,9,15H,6H2,1-5H3. The zero-order valence-electron chi connectivity index (χ0n) is 10.2. The zero-order valence-corrected chi connectivity index (χ0v) is 11.3. The molecule has 0 aromatic carbocycles. The average molecular weight is 228 g/mol. The molecule has 1 heterocycles. The molecular weight excluding hydrogens is 208 g/mol. The van der Waals surface area contributed by atoms with Crippen molar-refractivity contribution in [2.75, 3.05) is 0 Å². The van der Waals surface area contributed by atoms with Gasteiger partial charge < -0.3 is 9.16 Å². The van der Waals surface area contributed by atoms with Gasteiger partial charge in [0.05, 0.1) is 0 Å². The normalized spacial score (nSPS) is 39.7. The lowest BCUT2D eigenvalue weighted by atomic mass is 9.79. The van der Waals surface area contributed by atoms with Crippen molar-refractivity contribution in [1.29, 1.82) is 0 Å². The second kappa shape index (κ2) is 3.15. The topological polar surface area (TPSA) is 38.8 Å². The van der Waals surface area contributed by atoms with E-state index in [-0.39, 0.29) is 17.3 Å². The molecule has 0 radical (unpaired) electrons. The Labute approximate surface area is 92.9 Å². The van der Waals surface area contributed by atoms with Crippen LogP contribution in [-0.2, 0) is 14.0 Å². The van der Waals surface area contributed by atoms with Crippen molar-refractivity contribution in [2.45, 2.75) is 52.2 Å². The molecule has 0 amide bonds. The van der Waals surface area contributed by atoms with E-state index in [9.17, 15) is 4.79 Å². The number of ketones is 1. The second-order valence-electron chi connectivity index (χ2n) is 5.97. The summed E-state index contributed by atoms with van der Waals surface area (Å²) in [6.07, 6.45) is 0.648. The molecule has 1 saturated heterocycles. The molecule has 0 bridgehead atoms. The summed E-state index contributed by atoms with van der Waals surface area (Å²) in [5.41, 5.74) is 0.125. The molecule has 3 nitrogen and oxygen atoms in total. The van der Waals surface area contributed by atoms with Crippen molar-refractivity contribution in [2.24, 2.45) is 11.3 Å². The van der Waals surface area contributed by atoms with E-state index in [4.69, 9.17) is 9.16 Å². The third-order valence-corrected chi connectivity index (χ3v) is 4.12. The monoisotopic (exact) mass is 228 g/mol. The maximum atomic E-state index is 11.9. The van der Waals surface area contributed by atoms with Crippen molar-refractivity contribution in [3.05, 3.63) is 0 Å². The Bertz CT molecular complexity index is 295. The Kier molecular flexibility index (Phi) is 2.37. The molecule has 0 aromatic rings. The number of epoxide rings is 1. The van der Waals surface area contributed by atoms with Gasteiger partial charge >= 0.3 is 0 Å². The van der Waals surface area contributed by atoms with Crippen molar-refractivity contribution >= 4 is 14.8 Å². The SMILES string of the molecule is C[SiH](C)OC12OC1C(C(C)(C)C)CC2=O. The first kappa shape index (κ1) is 11.3. The van der Waals surface area contributed by atoms with Crippen LogP contribution >= 0.6 is 0 Å². The van der Waals surface area contributed by atoms with E-state index in [1.54, 1.807) is 0 Å². The summed E-state index contributed by atoms with van der Waals surface area (Å²) >= 11 is 0. The van der Waals surface area contributed by atoms with Crippen LogP contribution in [0, 0.1) is 11.3 Å². The van der Waals surface area contributed by atoms with Crippen LogP contribution in [0.3, 0.4) is 0 Å². The molecule has 1 aliphatic heterocycles. The summed E-state index contributed by atoms with van der Waals surface area (Å²) < 4.78 is 11.3. The van der Waals surface area contributed by atoms with Gasteiger partial charge in [-0.3, -0.25) is 4.79 Å². The van der Waals surface area contributed by atoms with E-state index < -0.39 is 14.8 Å². The molecule has 15 heavy (non-hydrogen) atoms. The van der Waals surface area contributed by atoms with Crippen LogP contribution in [0.25, 0.3) is 0 Å². The predicted molar refractivity (Wildman–Crippen MR) is 60.1 cm³/mol. The molecule has 0 N–H and O–H groups in total. The van der Waals surface area contributed by atoms with Crippen molar-refractivity contribution in [3.63, 3.8) is 0 Å². The fraction of sp³-hybridized carbons (Fsp3) is 0.909. The third kappa shape index (κ3) is 1.68. The Hall–Kier alpha value is -0.193. The van der Waals surface area contributed by atoms with Crippen molar-refractivity contribution in [3.8, 4) is 0 Å². The second-order valence-corrected chi connectivity index (χ2v) is 8.31. The summed E-state index contributed by atoms with van der Waals surface area (Å²) in [6.45, 7) is 10.6. The fourth-order valence-corrected chi connectivity index (χ4v) is 3.47. The number of fused-ring (bicyclic) bond motifs is 1. The predicted octanol–water partition coefficient (Wildman–Crippen LogP) is 1.72. The highest BCUT2D eigenvalue weighted by atomic mass is 28.3. The quantitative estimate of drug-likeness (QED) is 0.533. The van der Waals surface area contributed by atoms with Crippen LogP contribution in [0.4, 0.5) is 0 Å². The molecule has 1 aliphatic carbocycles. The smallest absolute Gasteiger partial charge is 0.247 e. The fourth-order valence-electron chi connectivity index (χ4n) is 2.45. The number of hydrogen-bond donors (Lipinski definition) is 0. The lowest BCUT2D eigenvalue weighted by Gasteiger charge is -2.25. The highest BCUT2D eigenvalue weighted by molar-refractivity contribution is 6.48. The van der Waals surface area contributed by atoms with Gasteiger partial charge in [0.2, 0.25) is 5.79 Å². The minimum Gasteiger partial charge on any atom is -0.386 e. The summed E-state index contributed by atoms with van der Waals surface area (Å²) in [5, 5.41) is 0. The zero-order chi connectivity index (χ0) is 11.4. The largest absolute Gasteiger partial charge is 0.386 e. The van der Waals surface area contributed by atoms with E-state index in [0.717, 1.165) is 0 Å². The first-order valence-corrected chi connectivity index (χ1v) is 8.44. The first-order valence-electron chi connectivity index (χ1n) is 5.66. The molecule has 1 saturated carbocycles. The lowest BCUT2D eigenvalue weighted by Crippen LogP contribution is -2.30. The van der Waals surface area contributed by atoms with Crippen molar-refractivity contribution < 1.29 is 14.0 Å².